The van der Waals surface area contributed by atoms with Gasteiger partial charge in [-0.1, -0.05) is 30.3 Å². The number of nitriles is 1. The summed E-state index contributed by atoms with van der Waals surface area (Å²) < 4.78 is 0. The van der Waals surface area contributed by atoms with Crippen LogP contribution < -0.4 is 10.2 Å². The van der Waals surface area contributed by atoms with E-state index in [-0.39, 0.29) is 23.8 Å². The maximum Gasteiger partial charge on any atom is 0.324 e. The highest BCUT2D eigenvalue weighted by molar-refractivity contribution is 7.10. The van der Waals surface area contributed by atoms with Crippen LogP contribution in [0, 0.1) is 28.6 Å². The number of anilines is 1. The fourth-order valence-electron chi connectivity index (χ4n) is 5.79. The number of amides is 3. The van der Waals surface area contributed by atoms with E-state index >= 15 is 0 Å². The van der Waals surface area contributed by atoms with Crippen LogP contribution in [0.1, 0.15) is 30.2 Å². The third-order valence-electron chi connectivity index (χ3n) is 8.08. The first-order valence-electron chi connectivity index (χ1n) is 13.0. The lowest BCUT2D eigenvalue weighted by molar-refractivity contribution is -0.138. The van der Waals surface area contributed by atoms with Gasteiger partial charge in [-0.3, -0.25) is 20.0 Å². The quantitative estimate of drug-likeness (QED) is 0.481. The molecular formula is C30H32N6O2S. The largest absolute Gasteiger partial charge is 0.345 e. The second kappa shape index (κ2) is 10.5. The van der Waals surface area contributed by atoms with Gasteiger partial charge >= 0.3 is 6.03 Å². The van der Waals surface area contributed by atoms with Gasteiger partial charge in [0.15, 0.2) is 5.96 Å². The summed E-state index contributed by atoms with van der Waals surface area (Å²) in [6.45, 7) is 3.15. The molecule has 39 heavy (non-hydrogen) atoms. The number of hydrogen-bond donors (Lipinski definition) is 2. The Kier molecular flexibility index (Phi) is 7.15. The predicted octanol–water partition coefficient (Wildman–Crippen LogP) is 5.08. The maximum atomic E-state index is 13.7. The molecule has 2 aromatic carbocycles. The molecule has 2 N–H and O–H groups in total. The van der Waals surface area contributed by atoms with Gasteiger partial charge in [-0.25, -0.2) is 4.79 Å². The summed E-state index contributed by atoms with van der Waals surface area (Å²) in [5.74, 6) is -0.340. The molecule has 0 radical (unpaired) electrons. The molecule has 3 aromatic rings. The number of carbonyl (C=O) groups is 2. The monoisotopic (exact) mass is 540 g/mol. The van der Waals surface area contributed by atoms with Crippen molar-refractivity contribution in [2.45, 2.75) is 25.3 Å². The summed E-state index contributed by atoms with van der Waals surface area (Å²) in [7, 11) is 3.43. The van der Waals surface area contributed by atoms with E-state index in [0.717, 1.165) is 21.7 Å². The standard InChI is InChI=1S/C30H32N6O2S/c1-30(25-17-23(19-39-25)22-9-7-8-20(16-22)18-31)26(27(37)35(3)28(32)33-30)21-12-14-36(15-13-21)29(38)34(2)24-10-5-4-6-11-24/h4-11,16-17,19,21,26H,12-15H2,1-3H3,(H2,32,33)/t26?,30-/m1/s1. The van der Waals surface area contributed by atoms with E-state index in [2.05, 4.69) is 17.5 Å². The Hall–Kier alpha value is -4.16. The highest BCUT2D eigenvalue weighted by Crippen LogP contribution is 2.45. The Morgan fingerprint density at radius 2 is 1.85 bits per heavy atom. The van der Waals surface area contributed by atoms with Crippen molar-refractivity contribution >= 4 is 34.9 Å². The van der Waals surface area contributed by atoms with Gasteiger partial charge in [0.25, 0.3) is 0 Å². The van der Waals surface area contributed by atoms with Crippen LogP contribution in [0.4, 0.5) is 10.5 Å². The number of likely N-dealkylation sites (tertiary alicyclic amines) is 1. The van der Waals surface area contributed by atoms with Crippen molar-refractivity contribution in [3.8, 4) is 17.2 Å². The summed E-state index contributed by atoms with van der Waals surface area (Å²) in [6.07, 6.45) is 1.40. The average molecular weight is 541 g/mol. The first-order valence-corrected chi connectivity index (χ1v) is 13.9. The summed E-state index contributed by atoms with van der Waals surface area (Å²) in [5, 5.41) is 23.2. The van der Waals surface area contributed by atoms with E-state index in [4.69, 9.17) is 5.41 Å². The molecule has 2 aliphatic rings. The zero-order valence-electron chi connectivity index (χ0n) is 22.3. The normalized spacial score (nSPS) is 21.8. The van der Waals surface area contributed by atoms with Crippen molar-refractivity contribution in [1.82, 2.24) is 15.1 Å². The van der Waals surface area contributed by atoms with Crippen LogP contribution in [0.15, 0.2) is 66.0 Å². The van der Waals surface area contributed by atoms with E-state index in [1.807, 2.05) is 65.7 Å². The fourth-order valence-corrected chi connectivity index (χ4v) is 6.86. The van der Waals surface area contributed by atoms with E-state index in [1.165, 1.54) is 4.90 Å². The second-order valence-corrected chi connectivity index (χ2v) is 11.4. The minimum atomic E-state index is -0.770. The third kappa shape index (κ3) is 4.88. The Labute approximate surface area is 233 Å². The number of thiophene rings is 1. The molecule has 1 aromatic heterocycles. The summed E-state index contributed by atoms with van der Waals surface area (Å²) >= 11 is 1.56. The molecule has 2 atom stereocenters. The molecule has 2 saturated heterocycles. The second-order valence-electron chi connectivity index (χ2n) is 10.4. The Morgan fingerprint density at radius 1 is 1.13 bits per heavy atom. The molecule has 0 aliphatic carbocycles. The number of carbonyl (C=O) groups excluding carboxylic acids is 2. The molecule has 1 unspecified atom stereocenters. The molecular weight excluding hydrogens is 508 g/mol. The lowest BCUT2D eigenvalue weighted by Crippen LogP contribution is -2.65. The third-order valence-corrected chi connectivity index (χ3v) is 9.25. The van der Waals surface area contributed by atoms with Crippen LogP contribution in [-0.2, 0) is 10.3 Å². The van der Waals surface area contributed by atoms with E-state index in [0.29, 0.717) is 31.5 Å². The first-order chi connectivity index (χ1) is 18.7. The molecule has 0 bridgehead atoms. The van der Waals surface area contributed by atoms with Crippen molar-refractivity contribution in [3.05, 3.63) is 76.5 Å². The number of rotatable bonds is 4. The van der Waals surface area contributed by atoms with Crippen LogP contribution in [0.3, 0.4) is 0 Å². The summed E-state index contributed by atoms with van der Waals surface area (Å²) in [5.41, 5.74) is 2.60. The summed E-state index contributed by atoms with van der Waals surface area (Å²) in [4.78, 5) is 32.8. The van der Waals surface area contributed by atoms with Gasteiger partial charge in [-0.05, 0) is 72.5 Å². The number of urea groups is 1. The minimum absolute atomic E-state index is 0.0445. The van der Waals surface area contributed by atoms with Crippen LogP contribution >= 0.6 is 11.3 Å². The Morgan fingerprint density at radius 3 is 2.54 bits per heavy atom. The van der Waals surface area contributed by atoms with Gasteiger partial charge in [0.05, 0.1) is 23.1 Å². The molecule has 2 aliphatic heterocycles. The van der Waals surface area contributed by atoms with Crippen molar-refractivity contribution < 1.29 is 9.59 Å². The number of nitrogens with zero attached hydrogens (tertiary/aromatic N) is 4. The number of piperidine rings is 1. The maximum absolute atomic E-state index is 13.7. The Bertz CT molecular complexity index is 1440. The van der Waals surface area contributed by atoms with Crippen LogP contribution in [0.5, 0.6) is 0 Å². The zero-order valence-corrected chi connectivity index (χ0v) is 23.2. The molecule has 9 heteroatoms. The molecule has 0 saturated carbocycles. The van der Waals surface area contributed by atoms with Crippen LogP contribution in [0.25, 0.3) is 11.1 Å². The molecule has 2 fully saturated rings. The average Bonchev–Trinajstić information content (AvgIpc) is 3.48. The number of para-hydroxylation sites is 1. The van der Waals surface area contributed by atoms with Crippen molar-refractivity contribution in [1.29, 1.82) is 10.7 Å². The number of guanidine groups is 1. The van der Waals surface area contributed by atoms with Crippen LogP contribution in [0.2, 0.25) is 0 Å². The minimum Gasteiger partial charge on any atom is -0.345 e. The first kappa shape index (κ1) is 26.4. The van der Waals surface area contributed by atoms with Gasteiger partial charge in [-0.15, -0.1) is 11.3 Å². The zero-order chi connectivity index (χ0) is 27.7. The van der Waals surface area contributed by atoms with E-state index in [1.54, 1.807) is 36.4 Å². The molecule has 3 amide bonds. The van der Waals surface area contributed by atoms with Gasteiger partial charge in [0.2, 0.25) is 5.91 Å². The van der Waals surface area contributed by atoms with Crippen molar-refractivity contribution in [3.63, 3.8) is 0 Å². The predicted molar refractivity (Wildman–Crippen MR) is 153 cm³/mol. The molecule has 0 spiro atoms. The smallest absolute Gasteiger partial charge is 0.324 e. The number of hydrogen-bond acceptors (Lipinski definition) is 5. The Balaban J connectivity index is 1.38. The lowest BCUT2D eigenvalue weighted by Gasteiger charge is -2.49. The highest BCUT2D eigenvalue weighted by atomic mass is 32.1. The van der Waals surface area contributed by atoms with Crippen LogP contribution in [-0.4, -0.2) is 54.9 Å². The highest BCUT2D eigenvalue weighted by Gasteiger charge is 2.52. The molecule has 8 nitrogen and oxygen atoms in total. The number of nitrogens with one attached hydrogen (secondary N) is 2. The van der Waals surface area contributed by atoms with Gasteiger partial charge < -0.3 is 10.2 Å². The van der Waals surface area contributed by atoms with E-state index in [9.17, 15) is 14.9 Å². The summed E-state index contributed by atoms with van der Waals surface area (Å²) in [6, 6.07) is 21.3. The SMILES string of the molecule is CN1C(=N)N[C@](C)(c2cc(-c3cccc(C#N)c3)cs2)C(C2CCN(C(=O)N(C)c3ccccc3)CC2)C1=O. The fraction of sp³-hybridized carbons (Fsp3) is 0.333. The van der Waals surface area contributed by atoms with Gasteiger partial charge in [-0.2, -0.15) is 5.26 Å². The lowest BCUT2D eigenvalue weighted by atomic mass is 9.70. The topological polar surface area (TPSA) is 104 Å². The number of benzene rings is 2. The van der Waals surface area contributed by atoms with Crippen molar-refractivity contribution in [2.75, 3.05) is 32.1 Å². The van der Waals surface area contributed by atoms with E-state index < -0.39 is 11.5 Å². The molecule has 3 heterocycles. The molecule has 200 valence electrons. The molecule has 5 rings (SSSR count). The van der Waals surface area contributed by atoms with Gasteiger partial charge in [0, 0.05) is 37.7 Å². The van der Waals surface area contributed by atoms with Gasteiger partial charge in [0.1, 0.15) is 0 Å². The van der Waals surface area contributed by atoms with Crippen molar-refractivity contribution in [2.24, 2.45) is 11.8 Å².